The van der Waals surface area contributed by atoms with E-state index < -0.39 is 45.9 Å². The van der Waals surface area contributed by atoms with Crippen LogP contribution in [0.2, 0.25) is 0 Å². The highest BCUT2D eigenvalue weighted by molar-refractivity contribution is 5.93. The third-order valence-electron chi connectivity index (χ3n) is 21.9. The van der Waals surface area contributed by atoms with Crippen LogP contribution in [0.4, 0.5) is 5.69 Å². The number of carbonyl (C=O) groups is 3. The van der Waals surface area contributed by atoms with Gasteiger partial charge in [-0.3, -0.25) is 24.3 Å². The first-order valence-electron chi connectivity index (χ1n) is 31.0. The molecule has 1 spiro atoms. The van der Waals surface area contributed by atoms with Crippen LogP contribution in [0.25, 0.3) is 21.8 Å². The lowest BCUT2D eigenvalue weighted by Crippen LogP contribution is -2.81. The third-order valence-corrected chi connectivity index (χ3v) is 21.9. The number of rotatable bonds is 9. The van der Waals surface area contributed by atoms with Crippen LogP contribution in [-0.4, -0.2) is 150 Å². The highest BCUT2D eigenvalue weighted by atomic mass is 16.6. The second-order valence-corrected chi connectivity index (χ2v) is 25.7. The van der Waals surface area contributed by atoms with E-state index in [1.165, 1.54) is 75.0 Å². The molecule has 13 atom stereocenters. The number of aromatic amines is 2. The Morgan fingerprint density at radius 1 is 0.786 bits per heavy atom. The number of methoxy groups -OCH3 is 1. The summed E-state index contributed by atoms with van der Waals surface area (Å²) in [7, 11) is 3.34. The maximum atomic E-state index is 14.3. The minimum absolute atomic E-state index is 0.0477. The van der Waals surface area contributed by atoms with Crippen LogP contribution in [0.5, 0.6) is 0 Å². The molecule has 5 aromatic rings. The number of H-pyrrole nitrogens is 2. The van der Waals surface area contributed by atoms with Gasteiger partial charge in [0.2, 0.25) is 5.60 Å². The summed E-state index contributed by atoms with van der Waals surface area (Å²) in [6, 6.07) is 21.4. The summed E-state index contributed by atoms with van der Waals surface area (Å²) in [4.78, 5) is 74.6. The molecule has 15 nitrogen and oxygen atoms in total. The number of hydrogen-bond acceptors (Lipinski definition) is 13. The number of benzene rings is 3. The van der Waals surface area contributed by atoms with Gasteiger partial charge in [0.1, 0.15) is 5.41 Å². The van der Waals surface area contributed by atoms with Gasteiger partial charge in [-0.1, -0.05) is 106 Å². The Morgan fingerprint density at radius 2 is 1.46 bits per heavy atom. The molecule has 1 saturated carbocycles. The van der Waals surface area contributed by atoms with Gasteiger partial charge in [-0.05, 0) is 136 Å². The van der Waals surface area contributed by atoms with Crippen molar-refractivity contribution in [3.8, 4) is 0 Å². The van der Waals surface area contributed by atoms with Crippen LogP contribution < -0.4 is 4.90 Å². The summed E-state index contributed by atoms with van der Waals surface area (Å²) in [6.07, 6.45) is 16.6. The Labute approximate surface area is 493 Å². The van der Waals surface area contributed by atoms with Gasteiger partial charge in [-0.25, -0.2) is 4.79 Å². The van der Waals surface area contributed by atoms with Crippen LogP contribution in [0.1, 0.15) is 126 Å². The summed E-state index contributed by atoms with van der Waals surface area (Å²) in [5, 5.41) is 15.9. The van der Waals surface area contributed by atoms with Crippen molar-refractivity contribution >= 4 is 51.6 Å². The Morgan fingerprint density at radius 3 is 2.12 bits per heavy atom. The van der Waals surface area contributed by atoms with Gasteiger partial charge < -0.3 is 34.2 Å². The number of para-hydroxylation sites is 2. The highest BCUT2D eigenvalue weighted by Crippen LogP contribution is 2.68. The number of aryl methyl sites for hydroxylation is 1. The van der Waals surface area contributed by atoms with Crippen molar-refractivity contribution in [1.29, 1.82) is 0 Å². The monoisotopic (exact) mass is 1140 g/mol. The van der Waals surface area contributed by atoms with E-state index in [4.69, 9.17) is 23.8 Å². The van der Waals surface area contributed by atoms with Gasteiger partial charge in [-0.15, -0.1) is 0 Å². The smallest absolute Gasteiger partial charge is 0.373 e. The van der Waals surface area contributed by atoms with Gasteiger partial charge in [0.05, 0.1) is 25.8 Å². The number of ether oxygens (including phenoxy) is 3. The highest BCUT2D eigenvalue weighted by Gasteiger charge is 2.80. The zero-order chi connectivity index (χ0) is 59.3. The molecular weight excluding hydrogens is 1060 g/mol. The summed E-state index contributed by atoms with van der Waals surface area (Å²) in [5.41, 5.74) is 10.7. The Kier molecular flexibility index (Phi) is 14.9. The molecule has 444 valence electrons. The number of nitrogens with one attached hydrogen (secondary N) is 2. The van der Waals surface area contributed by atoms with Crippen LogP contribution in [0, 0.1) is 24.2 Å². The molecule has 84 heavy (non-hydrogen) atoms. The molecule has 6 unspecified atom stereocenters. The molecule has 2 saturated heterocycles. The Balaban J connectivity index is 0.000000198. The summed E-state index contributed by atoms with van der Waals surface area (Å²) >= 11 is 0. The van der Waals surface area contributed by atoms with E-state index in [1.54, 1.807) is 0 Å². The van der Waals surface area contributed by atoms with Crippen molar-refractivity contribution in [3.63, 3.8) is 0 Å². The van der Waals surface area contributed by atoms with Crippen molar-refractivity contribution in [1.82, 2.24) is 24.7 Å². The number of anilines is 1. The standard InChI is InChI=1S/C46H58N4O5.C22H26N2O2.CO2/c1-8-30-23-31-25-44(10-3,38-33(16-20-49(26-30)27-31)32-14-11-12-15-36(32)47-38)34-24-35-37(22-28(34)4)48(6)40-45(35)18-21-50-19-13-17-43(9-2,39(45)50)41(55-29(5)51)46(40,53)42(52)54-7;1-3-15-11-14-12-22(21(25)26-4-2)19-17(9-10-24(13-14)20(15)22)16-7-5-6-8-18(16)23-19;2-1-3/h11-15,17,22-24,31,39-41,47,53H,8-10,16,18-21,25-27H2,1-7H3;5-8,11,14,20,23H,3-4,9-10,12-13H2,1-2H3;/t31-,39-,40?,41+,43+,44+,45+,46-;;/m0../s1. The maximum Gasteiger partial charge on any atom is 0.373 e. The second kappa shape index (κ2) is 21.7. The van der Waals surface area contributed by atoms with Crippen molar-refractivity contribution in [2.45, 2.75) is 152 Å². The molecule has 10 heterocycles. The summed E-state index contributed by atoms with van der Waals surface area (Å²) < 4.78 is 17.4. The van der Waals surface area contributed by atoms with Crippen molar-refractivity contribution in [2.75, 3.05) is 71.5 Å². The zero-order valence-electron chi connectivity index (χ0n) is 50.6. The molecule has 2 aliphatic carbocycles. The number of fused-ring (bicyclic) bond motifs is 9. The second-order valence-electron chi connectivity index (χ2n) is 25.7. The number of aromatic nitrogens is 2. The fourth-order valence-corrected chi connectivity index (χ4v) is 19.1. The van der Waals surface area contributed by atoms with Gasteiger partial charge in [0.25, 0.3) is 0 Å². The fourth-order valence-electron chi connectivity index (χ4n) is 19.1. The van der Waals surface area contributed by atoms with Crippen molar-refractivity contribution < 1.29 is 43.3 Å². The van der Waals surface area contributed by atoms with E-state index in [2.05, 4.69) is 149 Å². The zero-order valence-corrected chi connectivity index (χ0v) is 50.6. The minimum Gasteiger partial charge on any atom is -0.467 e. The normalized spacial score (nSPS) is 33.7. The predicted octanol–water partition coefficient (Wildman–Crippen LogP) is 9.31. The number of carbonyl (C=O) groups excluding carboxylic acids is 5. The van der Waals surface area contributed by atoms with E-state index in [0.29, 0.717) is 24.9 Å². The molecule has 3 fully saturated rings. The molecule has 15 heteroatoms. The van der Waals surface area contributed by atoms with Crippen LogP contribution in [-0.2, 0) is 67.3 Å². The van der Waals surface area contributed by atoms with Crippen LogP contribution >= 0.6 is 0 Å². The van der Waals surface area contributed by atoms with Gasteiger partial charge >= 0.3 is 24.1 Å². The predicted molar refractivity (Wildman–Crippen MR) is 323 cm³/mol. The summed E-state index contributed by atoms with van der Waals surface area (Å²) in [6.45, 7) is 21.7. The van der Waals surface area contributed by atoms with E-state index in [1.807, 2.05) is 14.0 Å². The van der Waals surface area contributed by atoms with Crippen LogP contribution in [0.3, 0.4) is 0 Å². The van der Waals surface area contributed by atoms with Crippen molar-refractivity contribution in [2.24, 2.45) is 17.3 Å². The topological polar surface area (TPSA) is 178 Å². The molecule has 3 N–H and O–H groups in total. The van der Waals surface area contributed by atoms with Gasteiger partial charge in [0, 0.05) is 114 Å². The van der Waals surface area contributed by atoms with Gasteiger partial charge in [0.15, 0.2) is 6.10 Å². The molecular formula is C69H84N6O9. The van der Waals surface area contributed by atoms with E-state index in [0.717, 1.165) is 114 Å². The third kappa shape index (κ3) is 8.21. The number of piperidine rings is 1. The Hall–Kier alpha value is -6.61. The molecule has 6 bridgehead atoms. The molecule has 10 aliphatic rings. The Bertz CT molecular complexity index is 3570. The van der Waals surface area contributed by atoms with Crippen molar-refractivity contribution in [3.05, 3.63) is 135 Å². The van der Waals surface area contributed by atoms with E-state index in [9.17, 15) is 19.5 Å². The molecule has 8 aliphatic heterocycles. The average molecular weight is 1140 g/mol. The SMILES string of the molecule is CCC1=C[C@@H]2CN(CCc3c([nH]c4ccccc34)[C@@](CC)(c3cc4c(cc3C)N(C)C3[C@]45CCN4CC=C[C@@](CC)([C@@H](OC(C)=O)[C@]3(O)C(=O)OC)[C@H]45)C2)C1.CCOC(=O)C12CC3C=C(CC)C1N(CCc1c2[nH]c2ccccc12)C3.O=C=O. The first kappa shape index (κ1) is 57.8. The number of nitrogens with zero attached hydrogens (tertiary/aromatic N) is 4. The summed E-state index contributed by atoms with van der Waals surface area (Å²) in [5.74, 6) is -0.504. The van der Waals surface area contributed by atoms with Crippen LogP contribution in [0.15, 0.2) is 96.1 Å². The number of esters is 3. The van der Waals surface area contributed by atoms with E-state index in [-0.39, 0.29) is 29.6 Å². The quantitative estimate of drug-likeness (QED) is 0.0724. The molecule has 0 radical (unpaired) electrons. The maximum absolute atomic E-state index is 14.3. The first-order valence-corrected chi connectivity index (χ1v) is 31.0. The lowest BCUT2D eigenvalue weighted by molar-refractivity contribution is -0.228. The first-order chi connectivity index (χ1) is 40.5. The molecule has 0 amide bonds. The number of likely N-dealkylation sites (N-methyl/N-ethyl adjacent to an activating group) is 1. The van der Waals surface area contributed by atoms with E-state index >= 15 is 0 Å². The lowest BCUT2D eigenvalue weighted by atomic mass is 9.47. The number of aliphatic hydroxyl groups is 1. The lowest BCUT2D eigenvalue weighted by Gasteiger charge is -2.63. The largest absolute Gasteiger partial charge is 0.467 e. The average Bonchev–Trinajstić information content (AvgIpc) is 1.51. The molecule has 15 rings (SSSR count). The molecule has 3 aromatic carbocycles. The number of hydrogen-bond donors (Lipinski definition) is 3. The van der Waals surface area contributed by atoms with Gasteiger partial charge in [-0.2, -0.15) is 9.59 Å². The molecule has 2 aromatic heterocycles. The fraction of sp³-hybridized carbons (Fsp3) is 0.536. The minimum atomic E-state index is -2.13.